The van der Waals surface area contributed by atoms with Crippen molar-refractivity contribution < 1.29 is 9.53 Å². The fourth-order valence-electron chi connectivity index (χ4n) is 1.82. The van der Waals surface area contributed by atoms with Crippen LogP contribution in [0.15, 0.2) is 53.6 Å². The van der Waals surface area contributed by atoms with Crippen molar-refractivity contribution in [3.05, 3.63) is 64.7 Å². The number of hydrazone groups is 1. The summed E-state index contributed by atoms with van der Waals surface area (Å²) in [5.74, 6) is 0.554. The molecule has 5 heteroatoms. The van der Waals surface area contributed by atoms with Crippen molar-refractivity contribution in [3.63, 3.8) is 0 Å². The van der Waals surface area contributed by atoms with E-state index in [0.29, 0.717) is 10.6 Å². The van der Waals surface area contributed by atoms with Crippen LogP contribution in [0.4, 0.5) is 0 Å². The van der Waals surface area contributed by atoms with E-state index in [1.54, 1.807) is 30.5 Å². The number of hydrogen-bond donors (Lipinski definition) is 1. The number of unbranched alkanes of at least 4 members (excludes halogenated alkanes) is 1. The number of hydrogen-bond acceptors (Lipinski definition) is 3. The van der Waals surface area contributed by atoms with E-state index in [0.717, 1.165) is 30.8 Å². The molecule has 0 saturated carbocycles. The minimum Gasteiger partial charge on any atom is -0.494 e. The zero-order chi connectivity index (χ0) is 16.5. The lowest BCUT2D eigenvalue weighted by atomic mass is 10.2. The van der Waals surface area contributed by atoms with Gasteiger partial charge in [0.05, 0.1) is 12.8 Å². The van der Waals surface area contributed by atoms with E-state index in [1.807, 2.05) is 24.3 Å². The molecule has 0 atom stereocenters. The third-order valence-corrected chi connectivity index (χ3v) is 3.38. The van der Waals surface area contributed by atoms with Crippen molar-refractivity contribution in [1.29, 1.82) is 0 Å². The first kappa shape index (κ1) is 17.0. The van der Waals surface area contributed by atoms with Crippen molar-refractivity contribution in [3.8, 4) is 5.75 Å². The quantitative estimate of drug-likeness (QED) is 0.468. The number of rotatable bonds is 7. The maximum Gasteiger partial charge on any atom is 0.271 e. The minimum atomic E-state index is -0.280. The number of carbonyl (C=O) groups is 1. The third kappa shape index (κ3) is 5.75. The molecule has 0 radical (unpaired) electrons. The normalized spacial score (nSPS) is 10.7. The van der Waals surface area contributed by atoms with Gasteiger partial charge >= 0.3 is 0 Å². The predicted octanol–water partition coefficient (Wildman–Crippen LogP) is 4.28. The first-order valence-electron chi connectivity index (χ1n) is 7.51. The molecule has 0 aliphatic heterocycles. The SMILES string of the molecule is CCCCOc1ccc(/C=N\NC(=O)c2ccc(Cl)cc2)cc1. The van der Waals surface area contributed by atoms with Gasteiger partial charge in [0.25, 0.3) is 5.91 Å². The van der Waals surface area contributed by atoms with Gasteiger partial charge in [-0.2, -0.15) is 5.10 Å². The number of amides is 1. The van der Waals surface area contributed by atoms with E-state index >= 15 is 0 Å². The largest absolute Gasteiger partial charge is 0.494 e. The van der Waals surface area contributed by atoms with E-state index in [2.05, 4.69) is 17.5 Å². The number of nitrogens with one attached hydrogen (secondary N) is 1. The van der Waals surface area contributed by atoms with Gasteiger partial charge < -0.3 is 4.74 Å². The van der Waals surface area contributed by atoms with Crippen molar-refractivity contribution in [2.75, 3.05) is 6.61 Å². The molecule has 1 N–H and O–H groups in total. The maximum atomic E-state index is 11.9. The van der Waals surface area contributed by atoms with Gasteiger partial charge in [0.2, 0.25) is 0 Å². The van der Waals surface area contributed by atoms with Gasteiger partial charge in [-0.05, 0) is 60.5 Å². The zero-order valence-electron chi connectivity index (χ0n) is 13.0. The molecule has 120 valence electrons. The molecule has 0 aliphatic carbocycles. The zero-order valence-corrected chi connectivity index (χ0v) is 13.7. The molecule has 2 aromatic carbocycles. The molecule has 2 aromatic rings. The van der Waals surface area contributed by atoms with Gasteiger partial charge in [-0.25, -0.2) is 5.43 Å². The Morgan fingerprint density at radius 3 is 2.52 bits per heavy atom. The Kier molecular flexibility index (Phi) is 6.63. The second-order valence-electron chi connectivity index (χ2n) is 4.98. The number of halogens is 1. The Morgan fingerprint density at radius 1 is 1.17 bits per heavy atom. The minimum absolute atomic E-state index is 0.280. The van der Waals surface area contributed by atoms with Gasteiger partial charge in [-0.3, -0.25) is 4.79 Å². The third-order valence-electron chi connectivity index (χ3n) is 3.13. The highest BCUT2D eigenvalue weighted by atomic mass is 35.5. The molecule has 0 saturated heterocycles. The Labute approximate surface area is 141 Å². The Hall–Kier alpha value is -2.33. The Bertz CT molecular complexity index is 652. The summed E-state index contributed by atoms with van der Waals surface area (Å²) in [6, 6.07) is 14.2. The van der Waals surface area contributed by atoms with E-state index in [9.17, 15) is 4.79 Å². The Balaban J connectivity index is 1.85. The van der Waals surface area contributed by atoms with Crippen LogP contribution in [0.3, 0.4) is 0 Å². The smallest absolute Gasteiger partial charge is 0.271 e. The number of carbonyl (C=O) groups excluding carboxylic acids is 1. The van der Waals surface area contributed by atoms with Crippen molar-refractivity contribution in [2.24, 2.45) is 5.10 Å². The van der Waals surface area contributed by atoms with Crippen LogP contribution in [0.1, 0.15) is 35.7 Å². The van der Waals surface area contributed by atoms with Crippen LogP contribution >= 0.6 is 11.6 Å². The first-order valence-corrected chi connectivity index (χ1v) is 7.88. The first-order chi connectivity index (χ1) is 11.2. The van der Waals surface area contributed by atoms with Gasteiger partial charge in [0.1, 0.15) is 5.75 Å². The number of nitrogens with zero attached hydrogens (tertiary/aromatic N) is 1. The fourth-order valence-corrected chi connectivity index (χ4v) is 1.94. The number of ether oxygens (including phenoxy) is 1. The average Bonchev–Trinajstić information content (AvgIpc) is 2.57. The molecule has 0 heterocycles. The topological polar surface area (TPSA) is 50.7 Å². The molecule has 4 nitrogen and oxygen atoms in total. The molecule has 0 aromatic heterocycles. The summed E-state index contributed by atoms with van der Waals surface area (Å²) in [4.78, 5) is 11.9. The average molecular weight is 331 g/mol. The predicted molar refractivity (Wildman–Crippen MR) is 93.4 cm³/mol. The van der Waals surface area contributed by atoms with Gasteiger partial charge in [0, 0.05) is 10.6 Å². The highest BCUT2D eigenvalue weighted by Crippen LogP contribution is 2.12. The van der Waals surface area contributed by atoms with Crippen LogP contribution in [-0.2, 0) is 0 Å². The summed E-state index contributed by atoms with van der Waals surface area (Å²) in [5, 5.41) is 4.54. The monoisotopic (exact) mass is 330 g/mol. The van der Waals surface area contributed by atoms with E-state index < -0.39 is 0 Å². The standard InChI is InChI=1S/C18H19ClN2O2/c1-2-3-12-23-17-10-4-14(5-11-17)13-20-21-18(22)15-6-8-16(19)9-7-15/h4-11,13H,2-3,12H2,1H3,(H,21,22)/b20-13-. The van der Waals surface area contributed by atoms with Crippen molar-refractivity contribution in [1.82, 2.24) is 5.43 Å². The summed E-state index contributed by atoms with van der Waals surface area (Å²) in [5.41, 5.74) is 3.86. The van der Waals surface area contributed by atoms with Crippen LogP contribution in [0, 0.1) is 0 Å². The van der Waals surface area contributed by atoms with Crippen molar-refractivity contribution in [2.45, 2.75) is 19.8 Å². The molecule has 23 heavy (non-hydrogen) atoms. The molecule has 0 unspecified atom stereocenters. The van der Waals surface area contributed by atoms with Crippen LogP contribution in [-0.4, -0.2) is 18.7 Å². The molecular formula is C18H19ClN2O2. The van der Waals surface area contributed by atoms with Crippen LogP contribution in [0.2, 0.25) is 5.02 Å². The summed E-state index contributed by atoms with van der Waals surface area (Å²) in [6.45, 7) is 2.85. The molecule has 0 spiro atoms. The molecule has 0 bridgehead atoms. The molecule has 2 rings (SSSR count). The summed E-state index contributed by atoms with van der Waals surface area (Å²) >= 11 is 5.78. The molecule has 0 aliphatic rings. The van der Waals surface area contributed by atoms with Gasteiger partial charge in [0.15, 0.2) is 0 Å². The van der Waals surface area contributed by atoms with Gasteiger partial charge in [-0.15, -0.1) is 0 Å². The van der Waals surface area contributed by atoms with E-state index in [4.69, 9.17) is 16.3 Å². The van der Waals surface area contributed by atoms with Crippen LogP contribution in [0.5, 0.6) is 5.75 Å². The maximum absolute atomic E-state index is 11.9. The van der Waals surface area contributed by atoms with Crippen molar-refractivity contribution >= 4 is 23.7 Å². The fraction of sp³-hybridized carbons (Fsp3) is 0.222. The lowest BCUT2D eigenvalue weighted by Crippen LogP contribution is -2.17. The van der Waals surface area contributed by atoms with Crippen LogP contribution < -0.4 is 10.2 Å². The highest BCUT2D eigenvalue weighted by molar-refractivity contribution is 6.30. The second kappa shape index (κ2) is 8.96. The molecular weight excluding hydrogens is 312 g/mol. The molecule has 1 amide bonds. The summed E-state index contributed by atoms with van der Waals surface area (Å²) in [6.07, 6.45) is 3.74. The lowest BCUT2D eigenvalue weighted by molar-refractivity contribution is 0.0955. The van der Waals surface area contributed by atoms with Gasteiger partial charge in [-0.1, -0.05) is 24.9 Å². The second-order valence-corrected chi connectivity index (χ2v) is 5.41. The summed E-state index contributed by atoms with van der Waals surface area (Å²) < 4.78 is 5.59. The lowest BCUT2D eigenvalue weighted by Gasteiger charge is -2.05. The number of benzene rings is 2. The summed E-state index contributed by atoms with van der Waals surface area (Å²) in [7, 11) is 0. The highest BCUT2D eigenvalue weighted by Gasteiger charge is 2.03. The van der Waals surface area contributed by atoms with Crippen LogP contribution in [0.25, 0.3) is 0 Å². The molecule has 0 fully saturated rings. The van der Waals surface area contributed by atoms with E-state index in [-0.39, 0.29) is 5.91 Å². The Morgan fingerprint density at radius 2 is 1.87 bits per heavy atom. The van der Waals surface area contributed by atoms with E-state index in [1.165, 1.54) is 0 Å².